The number of hydrogen-bond donors (Lipinski definition) is 5. The third-order valence-corrected chi connectivity index (χ3v) is 8.80. The van der Waals surface area contributed by atoms with Crippen molar-refractivity contribution in [1.29, 1.82) is 0 Å². The molecule has 6 N–H and O–H groups in total. The predicted molar refractivity (Wildman–Crippen MR) is 160 cm³/mol. The summed E-state index contributed by atoms with van der Waals surface area (Å²) >= 11 is 0. The second kappa shape index (κ2) is 10.7. The minimum Gasteiger partial charge on any atom is -0.508 e. The molecule has 1 saturated carbocycles. The Labute approximate surface area is 249 Å². The topological polar surface area (TPSA) is 174 Å². The molecule has 4 unspecified atom stereocenters. The molecule has 0 bridgehead atoms. The Bertz CT molecular complexity index is 1610. The van der Waals surface area contributed by atoms with E-state index < -0.39 is 58.0 Å². The van der Waals surface area contributed by atoms with E-state index in [-0.39, 0.29) is 29.7 Å². The fourth-order valence-corrected chi connectivity index (χ4v) is 6.88. The first-order chi connectivity index (χ1) is 20.2. The van der Waals surface area contributed by atoms with Gasteiger partial charge in [-0.3, -0.25) is 19.3 Å². The first kappa shape index (κ1) is 30.1. The monoisotopic (exact) mass is 591 g/mol. The zero-order valence-electron chi connectivity index (χ0n) is 24.8. The molecule has 0 saturated heterocycles. The van der Waals surface area contributed by atoms with Crippen molar-refractivity contribution in [3.05, 3.63) is 58.4 Å². The van der Waals surface area contributed by atoms with Gasteiger partial charge in [-0.25, -0.2) is 0 Å². The van der Waals surface area contributed by atoms with Crippen LogP contribution in [0.1, 0.15) is 30.9 Å². The number of carbonyl (C=O) groups excluding carboxylic acids is 3. The van der Waals surface area contributed by atoms with Crippen molar-refractivity contribution in [3.63, 3.8) is 0 Å². The van der Waals surface area contributed by atoms with Crippen molar-refractivity contribution in [2.45, 2.75) is 37.8 Å². The molecule has 3 aliphatic carbocycles. The van der Waals surface area contributed by atoms with Gasteiger partial charge in [0.2, 0.25) is 5.78 Å². The number of primary amides is 1. The van der Waals surface area contributed by atoms with Gasteiger partial charge >= 0.3 is 0 Å². The molecule has 0 aromatic heterocycles. The highest BCUT2D eigenvalue weighted by Crippen LogP contribution is 2.55. The first-order valence-corrected chi connectivity index (χ1v) is 14.2. The fraction of sp³-hybridized carbons (Fsp3) is 0.406. The smallest absolute Gasteiger partial charge is 0.255 e. The normalized spacial score (nSPS) is 25.0. The Hall–Kier alpha value is -4.35. The number of carbonyl (C=O) groups is 3. The molecule has 228 valence electrons. The number of aliphatic hydroxyl groups is 3. The number of ether oxygens (including phenoxy) is 1. The molecule has 43 heavy (non-hydrogen) atoms. The zero-order chi connectivity index (χ0) is 31.5. The van der Waals surface area contributed by atoms with Crippen LogP contribution in [0.5, 0.6) is 11.5 Å². The summed E-state index contributed by atoms with van der Waals surface area (Å²) in [5, 5.41) is 46.3. The van der Waals surface area contributed by atoms with Crippen LogP contribution in [0, 0.1) is 11.8 Å². The molecule has 1 fully saturated rings. The van der Waals surface area contributed by atoms with Crippen LogP contribution in [0.25, 0.3) is 16.9 Å². The Kier molecular flexibility index (Phi) is 7.52. The third-order valence-electron chi connectivity index (χ3n) is 8.80. The second-order valence-corrected chi connectivity index (χ2v) is 11.9. The van der Waals surface area contributed by atoms with Crippen molar-refractivity contribution in [1.82, 2.24) is 4.90 Å². The van der Waals surface area contributed by atoms with Gasteiger partial charge in [0, 0.05) is 36.8 Å². The number of aromatic hydroxyl groups is 1. The second-order valence-electron chi connectivity index (χ2n) is 11.9. The predicted octanol–water partition coefficient (Wildman–Crippen LogP) is 2.49. The lowest BCUT2D eigenvalue weighted by Crippen LogP contribution is -2.65. The van der Waals surface area contributed by atoms with Crippen LogP contribution in [0.2, 0.25) is 0 Å². The Morgan fingerprint density at radius 1 is 1.12 bits per heavy atom. The highest BCUT2D eigenvalue weighted by atomic mass is 16.5. The van der Waals surface area contributed by atoms with E-state index >= 15 is 0 Å². The summed E-state index contributed by atoms with van der Waals surface area (Å²) in [7, 11) is 6.79. The van der Waals surface area contributed by atoms with E-state index in [1.165, 1.54) is 4.90 Å². The molecule has 2 aromatic rings. The van der Waals surface area contributed by atoms with Crippen molar-refractivity contribution in [2.24, 2.45) is 17.6 Å². The molecule has 0 heterocycles. The summed E-state index contributed by atoms with van der Waals surface area (Å²) in [5.74, 6) is -6.18. The number of benzene rings is 2. The lowest BCUT2D eigenvalue weighted by atomic mass is 9.57. The number of ketones is 2. The van der Waals surface area contributed by atoms with Gasteiger partial charge in [-0.2, -0.15) is 0 Å². The average molecular weight is 592 g/mol. The number of Topliss-reactive ketones (excluding diaryl/α,β-unsaturated/α-hetero) is 2. The Balaban J connectivity index is 1.73. The number of anilines is 1. The van der Waals surface area contributed by atoms with Crippen LogP contribution in [-0.4, -0.2) is 89.2 Å². The van der Waals surface area contributed by atoms with E-state index in [1.54, 1.807) is 38.4 Å². The van der Waals surface area contributed by atoms with Gasteiger partial charge < -0.3 is 35.8 Å². The standard InChI is InChI=1S/C32H37N3O8/c1-6-10-43-17-9-7-8-15(11-17)18-14-21(34(2)3)19-12-16-13-20-25(35(4)5)28(38)24(31(33)41)30(40)32(20,42)29(39)22(16)27(37)23(19)26(18)36/h7-9,11,14,16,20,25,36-37,40,42H,6,10,12-13H2,1-5H3,(H2,33,41). The molecule has 2 aromatic carbocycles. The number of fused-ring (bicyclic) bond motifs is 3. The minimum atomic E-state index is -2.69. The number of hydrogen-bond acceptors (Lipinski definition) is 10. The molecule has 0 radical (unpaired) electrons. The van der Waals surface area contributed by atoms with Crippen LogP contribution in [0.3, 0.4) is 0 Å². The van der Waals surface area contributed by atoms with Gasteiger partial charge in [0.15, 0.2) is 11.4 Å². The molecule has 0 spiro atoms. The Morgan fingerprint density at radius 2 is 1.81 bits per heavy atom. The summed E-state index contributed by atoms with van der Waals surface area (Å²) in [5.41, 5.74) is 4.03. The molecule has 4 atom stereocenters. The van der Waals surface area contributed by atoms with Gasteiger partial charge in [-0.15, -0.1) is 0 Å². The van der Waals surface area contributed by atoms with E-state index in [9.17, 15) is 34.8 Å². The number of phenolic OH excluding ortho intramolecular Hbond substituents is 1. The summed E-state index contributed by atoms with van der Waals surface area (Å²) in [6.45, 7) is 2.51. The molecule has 0 aliphatic heterocycles. The number of likely N-dealkylation sites (N-methyl/N-ethyl adjacent to an activating group) is 1. The summed E-state index contributed by atoms with van der Waals surface area (Å²) in [4.78, 5) is 43.0. The molecule has 1 amide bonds. The number of rotatable bonds is 7. The zero-order valence-corrected chi connectivity index (χ0v) is 24.8. The maximum absolute atomic E-state index is 14.2. The Morgan fingerprint density at radius 3 is 2.42 bits per heavy atom. The maximum Gasteiger partial charge on any atom is 0.255 e. The van der Waals surface area contributed by atoms with Crippen LogP contribution in [0.15, 0.2) is 47.2 Å². The highest BCUT2D eigenvalue weighted by Gasteiger charge is 2.64. The maximum atomic E-state index is 14.2. The van der Waals surface area contributed by atoms with Crippen molar-refractivity contribution >= 4 is 28.9 Å². The molecule has 5 rings (SSSR count). The lowest BCUT2D eigenvalue weighted by molar-refractivity contribution is -0.153. The van der Waals surface area contributed by atoms with Gasteiger partial charge in [-0.1, -0.05) is 19.1 Å². The number of phenols is 1. The molecule has 11 heteroatoms. The SMILES string of the molecule is CCCOc1cccc(-c2cc(N(C)C)c3c(c2O)C(O)=C2C(=O)C4(O)C(O)=C(C(N)=O)C(=O)C(N(C)C)C4CC2C3)c1. The van der Waals surface area contributed by atoms with E-state index in [0.29, 0.717) is 34.7 Å². The minimum absolute atomic E-state index is 0.0258. The van der Waals surface area contributed by atoms with Crippen molar-refractivity contribution < 1.29 is 39.5 Å². The van der Waals surface area contributed by atoms with Crippen LogP contribution >= 0.6 is 0 Å². The number of amides is 1. The van der Waals surface area contributed by atoms with E-state index in [1.807, 2.05) is 32.0 Å². The fourth-order valence-electron chi connectivity index (χ4n) is 6.88. The highest BCUT2D eigenvalue weighted by molar-refractivity contribution is 6.24. The first-order valence-electron chi connectivity index (χ1n) is 14.2. The van der Waals surface area contributed by atoms with Gasteiger partial charge in [0.25, 0.3) is 5.91 Å². The van der Waals surface area contributed by atoms with Crippen LogP contribution in [-0.2, 0) is 20.8 Å². The van der Waals surface area contributed by atoms with Gasteiger partial charge in [-0.05, 0) is 68.6 Å². The molecular weight excluding hydrogens is 554 g/mol. The third kappa shape index (κ3) is 4.45. The van der Waals surface area contributed by atoms with Crippen LogP contribution in [0.4, 0.5) is 5.69 Å². The summed E-state index contributed by atoms with van der Waals surface area (Å²) < 4.78 is 5.77. The number of aliphatic hydroxyl groups excluding tert-OH is 2. The summed E-state index contributed by atoms with van der Waals surface area (Å²) in [6.07, 6.45) is 1.05. The molecule has 11 nitrogen and oxygen atoms in total. The largest absolute Gasteiger partial charge is 0.508 e. The number of nitrogens with two attached hydrogens (primary N) is 1. The average Bonchev–Trinajstić information content (AvgIpc) is 2.93. The summed E-state index contributed by atoms with van der Waals surface area (Å²) in [6, 6.07) is 7.85. The van der Waals surface area contributed by atoms with Crippen molar-refractivity contribution in [3.8, 4) is 22.6 Å². The molecular formula is C32H37N3O8. The van der Waals surface area contributed by atoms with E-state index in [2.05, 4.69) is 0 Å². The lowest BCUT2D eigenvalue weighted by Gasteiger charge is -2.50. The van der Waals surface area contributed by atoms with Crippen LogP contribution < -0.4 is 15.4 Å². The van der Waals surface area contributed by atoms with Crippen molar-refractivity contribution in [2.75, 3.05) is 39.7 Å². The van der Waals surface area contributed by atoms with E-state index in [4.69, 9.17) is 10.5 Å². The molecule has 3 aliphatic rings. The number of nitrogens with zero attached hydrogens (tertiary/aromatic N) is 2. The van der Waals surface area contributed by atoms with Gasteiger partial charge in [0.1, 0.15) is 28.6 Å². The van der Waals surface area contributed by atoms with Gasteiger partial charge in [0.05, 0.1) is 18.2 Å². The quantitative estimate of drug-likeness (QED) is 0.301. The van der Waals surface area contributed by atoms with E-state index in [0.717, 1.165) is 6.42 Å².